The molecule has 1 saturated carbocycles. The van der Waals surface area contributed by atoms with Crippen LogP contribution < -0.4 is 15.5 Å². The van der Waals surface area contributed by atoms with Gasteiger partial charge in [-0.25, -0.2) is 9.18 Å². The summed E-state index contributed by atoms with van der Waals surface area (Å²) in [6.07, 6.45) is 6.11. The number of anilines is 3. The summed E-state index contributed by atoms with van der Waals surface area (Å²) in [7, 11) is 0. The van der Waals surface area contributed by atoms with E-state index >= 15 is 0 Å². The van der Waals surface area contributed by atoms with Crippen molar-refractivity contribution < 1.29 is 14.0 Å². The maximum atomic E-state index is 13.6. The summed E-state index contributed by atoms with van der Waals surface area (Å²) in [6, 6.07) is 33.1. The van der Waals surface area contributed by atoms with E-state index in [0.717, 1.165) is 68.6 Å². The van der Waals surface area contributed by atoms with Crippen LogP contribution in [0, 0.1) is 5.82 Å². The largest absolute Gasteiger partial charge is 0.331 e. The zero-order chi connectivity index (χ0) is 29.6. The van der Waals surface area contributed by atoms with Crippen molar-refractivity contribution in [1.82, 2.24) is 10.2 Å². The number of urea groups is 1. The van der Waals surface area contributed by atoms with Crippen LogP contribution in [0.4, 0.5) is 26.2 Å². The number of amides is 3. The highest BCUT2D eigenvalue weighted by molar-refractivity contribution is 6.11. The summed E-state index contributed by atoms with van der Waals surface area (Å²) in [4.78, 5) is 31.0. The van der Waals surface area contributed by atoms with Crippen LogP contribution in [0.15, 0.2) is 109 Å². The Hall–Kier alpha value is -4.49. The third kappa shape index (κ3) is 6.78. The summed E-state index contributed by atoms with van der Waals surface area (Å²) in [5, 5.41) is 6.26. The van der Waals surface area contributed by atoms with E-state index in [1.54, 1.807) is 29.2 Å². The number of hydrogen-bond acceptors (Lipinski definition) is 3. The maximum absolute atomic E-state index is 13.6. The lowest BCUT2D eigenvalue weighted by Gasteiger charge is -2.46. The number of para-hydroxylation sites is 2. The van der Waals surface area contributed by atoms with Crippen molar-refractivity contribution in [2.75, 3.05) is 23.3 Å². The van der Waals surface area contributed by atoms with Crippen LogP contribution >= 0.6 is 0 Å². The molecule has 220 valence electrons. The number of likely N-dealkylation sites (tertiary alicyclic amines) is 1. The van der Waals surface area contributed by atoms with Crippen molar-refractivity contribution in [3.63, 3.8) is 0 Å². The molecule has 0 radical (unpaired) electrons. The molecular formula is C36H37FN4O2. The summed E-state index contributed by atoms with van der Waals surface area (Å²) < 4.78 is 13.4. The summed E-state index contributed by atoms with van der Waals surface area (Å²) in [5.41, 5.74) is 3.61. The first kappa shape index (κ1) is 28.6. The van der Waals surface area contributed by atoms with Crippen LogP contribution in [0.5, 0.6) is 0 Å². The second-order valence-electron chi connectivity index (χ2n) is 11.7. The Bertz CT molecular complexity index is 1480. The fourth-order valence-corrected chi connectivity index (χ4v) is 6.31. The van der Waals surface area contributed by atoms with Crippen LogP contribution in [0.25, 0.3) is 0 Å². The average Bonchev–Trinajstić information content (AvgIpc) is 3.44. The summed E-state index contributed by atoms with van der Waals surface area (Å²) in [6.45, 7) is 1.82. The van der Waals surface area contributed by atoms with Gasteiger partial charge in [-0.2, -0.15) is 0 Å². The Kier molecular flexibility index (Phi) is 8.52. The Labute approximate surface area is 252 Å². The second kappa shape index (κ2) is 12.8. The van der Waals surface area contributed by atoms with Gasteiger partial charge in [-0.3, -0.25) is 14.6 Å². The highest BCUT2D eigenvalue weighted by Crippen LogP contribution is 2.35. The number of nitrogens with zero attached hydrogens (tertiary/aromatic N) is 2. The molecule has 1 aliphatic heterocycles. The minimum Gasteiger partial charge on any atom is -0.331 e. The number of carbonyl (C=O) groups excluding carboxylic acids is 2. The van der Waals surface area contributed by atoms with Gasteiger partial charge in [0.1, 0.15) is 5.82 Å². The first-order valence-electron chi connectivity index (χ1n) is 15.1. The Morgan fingerprint density at radius 1 is 0.814 bits per heavy atom. The number of hydrogen-bond donors (Lipinski definition) is 2. The van der Waals surface area contributed by atoms with Crippen molar-refractivity contribution in [2.24, 2.45) is 0 Å². The number of rotatable bonds is 9. The van der Waals surface area contributed by atoms with Gasteiger partial charge in [-0.15, -0.1) is 0 Å². The predicted molar refractivity (Wildman–Crippen MR) is 169 cm³/mol. The van der Waals surface area contributed by atoms with Crippen molar-refractivity contribution >= 4 is 29.0 Å². The zero-order valence-electron chi connectivity index (χ0n) is 24.2. The Balaban J connectivity index is 1.08. The first-order valence-corrected chi connectivity index (χ1v) is 15.1. The SMILES string of the molecule is O=C(Nc1ccc(C(=O)N(c2ccccc2)c2ccccc2)cc1)NC1(CN2CCCC2Cc2ccc(F)cc2)CCC1. The van der Waals surface area contributed by atoms with Crippen molar-refractivity contribution in [3.05, 3.63) is 126 Å². The number of nitrogens with one attached hydrogen (secondary N) is 2. The number of benzene rings is 4. The molecule has 2 aliphatic rings. The fourth-order valence-electron chi connectivity index (χ4n) is 6.31. The molecule has 6 rings (SSSR count). The molecule has 0 bridgehead atoms. The van der Waals surface area contributed by atoms with Gasteiger partial charge in [0, 0.05) is 35.2 Å². The molecule has 4 aromatic rings. The minimum absolute atomic E-state index is 0.150. The van der Waals surface area contributed by atoms with E-state index in [9.17, 15) is 14.0 Å². The highest BCUT2D eigenvalue weighted by Gasteiger charge is 2.42. The molecule has 3 amide bonds. The van der Waals surface area contributed by atoms with Gasteiger partial charge in [-0.05, 0) is 111 Å². The molecule has 0 spiro atoms. The number of halogens is 1. The van der Waals surface area contributed by atoms with Gasteiger partial charge < -0.3 is 10.6 Å². The maximum Gasteiger partial charge on any atom is 0.319 e. The molecule has 0 aromatic heterocycles. The Morgan fingerprint density at radius 2 is 1.44 bits per heavy atom. The lowest BCUT2D eigenvalue weighted by atomic mass is 9.76. The second-order valence-corrected chi connectivity index (χ2v) is 11.7. The smallest absolute Gasteiger partial charge is 0.319 e. The van der Waals surface area contributed by atoms with E-state index < -0.39 is 0 Å². The molecule has 2 fully saturated rings. The third-order valence-electron chi connectivity index (χ3n) is 8.70. The molecule has 1 heterocycles. The van der Waals surface area contributed by atoms with E-state index in [1.807, 2.05) is 72.8 Å². The van der Waals surface area contributed by atoms with Crippen molar-refractivity contribution in [3.8, 4) is 0 Å². The van der Waals surface area contributed by atoms with Gasteiger partial charge in [0.15, 0.2) is 0 Å². The van der Waals surface area contributed by atoms with E-state index in [4.69, 9.17) is 0 Å². The van der Waals surface area contributed by atoms with Crippen molar-refractivity contribution in [2.45, 2.75) is 50.1 Å². The number of carbonyl (C=O) groups is 2. The molecule has 1 unspecified atom stereocenters. The minimum atomic E-state index is -0.253. The molecule has 1 aliphatic carbocycles. The first-order chi connectivity index (χ1) is 21.0. The van der Waals surface area contributed by atoms with Crippen molar-refractivity contribution in [1.29, 1.82) is 0 Å². The molecule has 1 saturated heterocycles. The third-order valence-corrected chi connectivity index (χ3v) is 8.70. The molecule has 7 heteroatoms. The quantitative estimate of drug-likeness (QED) is 0.216. The van der Waals surface area contributed by atoms with E-state index in [-0.39, 0.29) is 23.3 Å². The Morgan fingerprint density at radius 3 is 2.02 bits per heavy atom. The molecular weight excluding hydrogens is 539 g/mol. The normalized spacial score (nSPS) is 17.6. The van der Waals surface area contributed by atoms with Gasteiger partial charge in [0.25, 0.3) is 5.91 Å². The highest BCUT2D eigenvalue weighted by atomic mass is 19.1. The van der Waals surface area contributed by atoms with E-state index in [1.165, 1.54) is 12.1 Å². The topological polar surface area (TPSA) is 64.7 Å². The lowest BCUT2D eigenvalue weighted by molar-refractivity contribution is 0.0999. The van der Waals surface area contributed by atoms with E-state index in [2.05, 4.69) is 15.5 Å². The van der Waals surface area contributed by atoms with Gasteiger partial charge in [-0.1, -0.05) is 48.5 Å². The van der Waals surface area contributed by atoms with E-state index in [0.29, 0.717) is 17.3 Å². The average molecular weight is 577 g/mol. The molecule has 2 N–H and O–H groups in total. The standard InChI is InChI=1S/C36H37FN4O2/c37-29-18-14-27(15-19-29)25-33-13-7-24-40(33)26-36(22-8-23-36)39-35(43)38-30-20-16-28(17-21-30)34(42)41(31-9-3-1-4-10-31)32-11-5-2-6-12-32/h1-6,9-12,14-21,33H,7-8,13,22-26H2,(H2,38,39,43). The van der Waals surface area contributed by atoms with Gasteiger partial charge in [0.2, 0.25) is 0 Å². The molecule has 1 atom stereocenters. The van der Waals surface area contributed by atoms with Crippen LogP contribution in [-0.4, -0.2) is 41.5 Å². The fraction of sp³-hybridized carbons (Fsp3) is 0.278. The van der Waals surface area contributed by atoms with Crippen LogP contribution in [0.1, 0.15) is 48.0 Å². The summed E-state index contributed by atoms with van der Waals surface area (Å²) in [5.74, 6) is -0.360. The predicted octanol–water partition coefficient (Wildman–Crippen LogP) is 7.56. The lowest BCUT2D eigenvalue weighted by Crippen LogP contribution is -2.61. The molecule has 4 aromatic carbocycles. The monoisotopic (exact) mass is 576 g/mol. The zero-order valence-corrected chi connectivity index (χ0v) is 24.2. The van der Waals surface area contributed by atoms with Gasteiger partial charge in [0.05, 0.1) is 5.54 Å². The summed E-state index contributed by atoms with van der Waals surface area (Å²) >= 11 is 0. The van der Waals surface area contributed by atoms with Gasteiger partial charge >= 0.3 is 6.03 Å². The van der Waals surface area contributed by atoms with Crippen LogP contribution in [0.2, 0.25) is 0 Å². The van der Waals surface area contributed by atoms with Crippen LogP contribution in [0.3, 0.4) is 0 Å². The van der Waals surface area contributed by atoms with Crippen LogP contribution in [-0.2, 0) is 6.42 Å². The molecule has 43 heavy (non-hydrogen) atoms. The molecule has 6 nitrogen and oxygen atoms in total.